The number of benzene rings is 1. The van der Waals surface area contributed by atoms with Crippen LogP contribution in [0.3, 0.4) is 0 Å². The molecule has 1 aliphatic carbocycles. The van der Waals surface area contributed by atoms with Crippen molar-refractivity contribution in [3.63, 3.8) is 0 Å². The SMILES string of the molecule is CN(C(=O)OC1CCC(C(F)(F)F)CC1)[C@]1(C(=O)C2CCN(c3ccc(C#N)cn3)CC2)CNC[C@H]1c1ccc(Cl)cc1. The minimum absolute atomic E-state index is 0.0647. The highest BCUT2D eigenvalue weighted by molar-refractivity contribution is 6.30. The largest absolute Gasteiger partial charge is 0.446 e. The van der Waals surface area contributed by atoms with Crippen LogP contribution in [0.25, 0.3) is 0 Å². The number of ketones is 1. The minimum Gasteiger partial charge on any atom is -0.446 e. The van der Waals surface area contributed by atoms with E-state index in [2.05, 4.69) is 21.3 Å². The number of carbonyl (C=O) groups excluding carboxylic acids is 2. The van der Waals surface area contributed by atoms with Crippen molar-refractivity contribution >= 4 is 29.3 Å². The predicted molar refractivity (Wildman–Crippen MR) is 155 cm³/mol. The van der Waals surface area contributed by atoms with Crippen LogP contribution in [0.15, 0.2) is 42.6 Å². The molecule has 1 saturated carbocycles. The Hall–Kier alpha value is -3.36. The van der Waals surface area contributed by atoms with Gasteiger partial charge in [0.05, 0.1) is 11.5 Å². The molecule has 0 unspecified atom stereocenters. The van der Waals surface area contributed by atoms with Gasteiger partial charge >= 0.3 is 12.3 Å². The maximum atomic E-state index is 14.6. The number of Topliss-reactive ketones (excluding diaryl/α,β-unsaturated/α-hetero) is 1. The smallest absolute Gasteiger partial charge is 0.410 e. The predicted octanol–water partition coefficient (Wildman–Crippen LogP) is 5.71. The molecule has 0 bridgehead atoms. The Morgan fingerprint density at radius 1 is 1.09 bits per heavy atom. The molecule has 2 aliphatic heterocycles. The minimum atomic E-state index is -4.25. The Balaban J connectivity index is 1.35. The van der Waals surface area contributed by atoms with Crippen molar-refractivity contribution in [2.75, 3.05) is 38.1 Å². The quantitative estimate of drug-likeness (QED) is 0.444. The second-order valence-corrected chi connectivity index (χ2v) is 12.2. The molecule has 1 aromatic carbocycles. The molecule has 230 valence electrons. The number of anilines is 1. The summed E-state index contributed by atoms with van der Waals surface area (Å²) in [4.78, 5) is 36.1. The molecule has 0 spiro atoms. The molecule has 43 heavy (non-hydrogen) atoms. The molecule has 3 fully saturated rings. The van der Waals surface area contributed by atoms with E-state index in [1.54, 1.807) is 31.3 Å². The van der Waals surface area contributed by atoms with Gasteiger partial charge in [-0.05, 0) is 68.4 Å². The highest BCUT2D eigenvalue weighted by Gasteiger charge is 2.56. The average molecular weight is 618 g/mol. The fourth-order valence-electron chi connectivity index (χ4n) is 6.82. The average Bonchev–Trinajstić information content (AvgIpc) is 3.46. The van der Waals surface area contributed by atoms with Gasteiger partial charge in [0.1, 0.15) is 23.5 Å². The van der Waals surface area contributed by atoms with Crippen LogP contribution in [0.1, 0.15) is 55.6 Å². The summed E-state index contributed by atoms with van der Waals surface area (Å²) in [6, 6.07) is 12.8. The lowest BCUT2D eigenvalue weighted by Crippen LogP contribution is -2.62. The number of likely N-dealkylation sites (N-methyl/N-ethyl adjacent to an activating group) is 1. The van der Waals surface area contributed by atoms with Crippen molar-refractivity contribution in [2.45, 2.75) is 62.3 Å². The monoisotopic (exact) mass is 617 g/mol. The maximum absolute atomic E-state index is 14.6. The van der Waals surface area contributed by atoms with Gasteiger partial charge in [-0.3, -0.25) is 9.69 Å². The number of piperidine rings is 1. The van der Waals surface area contributed by atoms with Gasteiger partial charge in [-0.1, -0.05) is 23.7 Å². The van der Waals surface area contributed by atoms with E-state index in [0.717, 1.165) is 11.4 Å². The first-order valence-corrected chi connectivity index (χ1v) is 15.0. The van der Waals surface area contributed by atoms with E-state index in [4.69, 9.17) is 21.6 Å². The molecule has 5 rings (SSSR count). The van der Waals surface area contributed by atoms with Crippen LogP contribution in [-0.4, -0.2) is 72.8 Å². The molecule has 1 aromatic heterocycles. The number of ether oxygens (including phenoxy) is 1. The number of carbonyl (C=O) groups is 2. The second kappa shape index (κ2) is 12.7. The topological polar surface area (TPSA) is 98.6 Å². The van der Waals surface area contributed by atoms with Crippen molar-refractivity contribution in [2.24, 2.45) is 11.8 Å². The normalized spacial score (nSPS) is 26.5. The lowest BCUT2D eigenvalue weighted by atomic mass is 9.72. The Labute approximate surface area is 254 Å². The second-order valence-electron chi connectivity index (χ2n) is 11.8. The molecule has 0 radical (unpaired) electrons. The Bertz CT molecular complexity index is 1330. The van der Waals surface area contributed by atoms with Gasteiger partial charge < -0.3 is 15.0 Å². The van der Waals surface area contributed by atoms with Crippen molar-refractivity contribution < 1.29 is 27.5 Å². The molecule has 3 aliphatic rings. The van der Waals surface area contributed by atoms with Crippen molar-refractivity contribution in [3.8, 4) is 6.07 Å². The number of nitrogens with one attached hydrogen (secondary N) is 1. The fourth-order valence-corrected chi connectivity index (χ4v) is 6.95. The van der Waals surface area contributed by atoms with E-state index in [1.165, 1.54) is 11.1 Å². The van der Waals surface area contributed by atoms with Crippen molar-refractivity contribution in [1.82, 2.24) is 15.2 Å². The first-order valence-electron chi connectivity index (χ1n) is 14.7. The van der Waals surface area contributed by atoms with Gasteiger partial charge in [0.15, 0.2) is 5.78 Å². The third kappa shape index (κ3) is 6.46. The summed E-state index contributed by atoms with van der Waals surface area (Å²) in [5.41, 5.74) is 0.0708. The zero-order valence-corrected chi connectivity index (χ0v) is 24.7. The molecular weight excluding hydrogens is 583 g/mol. The fraction of sp³-hybridized carbons (Fsp3) is 0.548. The number of hydrogen-bond acceptors (Lipinski definition) is 7. The van der Waals surface area contributed by atoms with E-state index in [9.17, 15) is 22.8 Å². The highest BCUT2D eigenvalue weighted by Crippen LogP contribution is 2.42. The van der Waals surface area contributed by atoms with Gasteiger partial charge in [-0.2, -0.15) is 18.4 Å². The zero-order chi connectivity index (χ0) is 30.8. The molecule has 8 nitrogen and oxygen atoms in total. The van der Waals surface area contributed by atoms with Crippen LogP contribution in [0, 0.1) is 23.2 Å². The number of hydrogen-bond donors (Lipinski definition) is 1. The van der Waals surface area contributed by atoms with Gasteiger partial charge in [-0.25, -0.2) is 9.78 Å². The number of halogens is 4. The van der Waals surface area contributed by atoms with Crippen LogP contribution in [-0.2, 0) is 9.53 Å². The zero-order valence-electron chi connectivity index (χ0n) is 23.9. The van der Waals surface area contributed by atoms with Crippen LogP contribution >= 0.6 is 11.6 Å². The van der Waals surface area contributed by atoms with E-state index in [0.29, 0.717) is 43.1 Å². The molecule has 2 aromatic rings. The van der Waals surface area contributed by atoms with Gasteiger partial charge in [0.25, 0.3) is 0 Å². The number of alkyl halides is 3. The van der Waals surface area contributed by atoms with Crippen LogP contribution < -0.4 is 10.2 Å². The Kier molecular flexibility index (Phi) is 9.18. The lowest BCUT2D eigenvalue weighted by Gasteiger charge is -2.44. The van der Waals surface area contributed by atoms with E-state index < -0.39 is 29.8 Å². The Morgan fingerprint density at radius 2 is 1.77 bits per heavy atom. The number of aromatic nitrogens is 1. The molecule has 3 heterocycles. The van der Waals surface area contributed by atoms with E-state index in [1.807, 2.05) is 12.1 Å². The first kappa shape index (κ1) is 31.1. The molecule has 1 N–H and O–H groups in total. The summed E-state index contributed by atoms with van der Waals surface area (Å²) in [7, 11) is 1.56. The first-order chi connectivity index (χ1) is 20.5. The van der Waals surface area contributed by atoms with Gasteiger partial charge in [-0.15, -0.1) is 0 Å². The summed E-state index contributed by atoms with van der Waals surface area (Å²) < 4.78 is 45.3. The van der Waals surface area contributed by atoms with Gasteiger partial charge in [0, 0.05) is 56.3 Å². The number of nitriles is 1. The summed E-state index contributed by atoms with van der Waals surface area (Å²) >= 11 is 6.15. The lowest BCUT2D eigenvalue weighted by molar-refractivity contribution is -0.186. The molecule has 12 heteroatoms. The Morgan fingerprint density at radius 3 is 2.35 bits per heavy atom. The summed E-state index contributed by atoms with van der Waals surface area (Å²) in [5.74, 6) is -1.42. The third-order valence-corrected chi connectivity index (χ3v) is 9.61. The summed E-state index contributed by atoms with van der Waals surface area (Å²) in [5, 5.41) is 12.9. The number of amides is 1. The van der Waals surface area contributed by atoms with Gasteiger partial charge in [0.2, 0.25) is 0 Å². The van der Waals surface area contributed by atoms with Crippen LogP contribution in [0.5, 0.6) is 0 Å². The van der Waals surface area contributed by atoms with Crippen molar-refractivity contribution in [3.05, 3.63) is 58.7 Å². The molecule has 1 amide bonds. The number of rotatable bonds is 6. The molecular formula is C31H35ClF3N5O3. The maximum Gasteiger partial charge on any atom is 0.410 e. The van der Waals surface area contributed by atoms with E-state index in [-0.39, 0.29) is 49.8 Å². The summed E-state index contributed by atoms with van der Waals surface area (Å²) in [6.07, 6.45) is -2.86. The summed E-state index contributed by atoms with van der Waals surface area (Å²) in [6.45, 7) is 1.85. The highest BCUT2D eigenvalue weighted by atomic mass is 35.5. The van der Waals surface area contributed by atoms with Crippen molar-refractivity contribution in [1.29, 1.82) is 5.26 Å². The van der Waals surface area contributed by atoms with Crippen LogP contribution in [0.2, 0.25) is 5.02 Å². The standard InChI is InChI=1S/C31H35ClF3N5O3/c1-39(29(42)43-25-9-5-23(6-10-25)31(33,34)35)30(19-37-18-26(30)21-3-7-24(32)8-4-21)28(41)22-12-14-40(15-13-22)27-11-2-20(16-36)17-38-27/h2-4,7-8,11,17,22-23,25-26,37H,5-6,9-10,12-15,18-19H2,1H3/t23?,25?,26-,30+/m0/s1. The number of nitrogens with zero attached hydrogens (tertiary/aromatic N) is 4. The number of pyridine rings is 1. The van der Waals surface area contributed by atoms with E-state index >= 15 is 0 Å². The molecule has 2 saturated heterocycles. The van der Waals surface area contributed by atoms with Crippen LogP contribution in [0.4, 0.5) is 23.8 Å². The molecule has 2 atom stereocenters. The third-order valence-electron chi connectivity index (χ3n) is 9.36.